The largest absolute Gasteiger partial charge is 0.496 e. The molecule has 0 aromatic heterocycles. The van der Waals surface area contributed by atoms with Gasteiger partial charge in [-0.3, -0.25) is 4.79 Å². The second kappa shape index (κ2) is 5.68. The van der Waals surface area contributed by atoms with Crippen molar-refractivity contribution in [3.8, 4) is 5.75 Å². The predicted molar refractivity (Wildman–Crippen MR) is 65.9 cm³/mol. The van der Waals surface area contributed by atoms with Crippen LogP contribution in [-0.4, -0.2) is 25.2 Å². The molecule has 0 fully saturated rings. The average Bonchev–Trinajstić information content (AvgIpc) is 2.29. The van der Waals surface area contributed by atoms with Gasteiger partial charge in [0.15, 0.2) is 0 Å². The van der Waals surface area contributed by atoms with Gasteiger partial charge in [0.1, 0.15) is 11.3 Å². The summed E-state index contributed by atoms with van der Waals surface area (Å²) in [5.41, 5.74) is 5.83. The van der Waals surface area contributed by atoms with E-state index in [2.05, 4.69) is 0 Å². The quantitative estimate of drug-likeness (QED) is 0.789. The maximum absolute atomic E-state index is 11.7. The highest BCUT2D eigenvalue weighted by atomic mass is 16.5. The minimum Gasteiger partial charge on any atom is -0.496 e. The van der Waals surface area contributed by atoms with Gasteiger partial charge in [0.25, 0.3) is 0 Å². The molecule has 0 spiro atoms. The molecular weight excluding hydrogens is 218 g/mol. The van der Waals surface area contributed by atoms with Crippen LogP contribution in [0.15, 0.2) is 24.3 Å². The Morgan fingerprint density at radius 1 is 1.41 bits per heavy atom. The van der Waals surface area contributed by atoms with Crippen LogP contribution >= 0.6 is 0 Å². The lowest BCUT2D eigenvalue weighted by atomic mass is 9.93. The summed E-state index contributed by atoms with van der Waals surface area (Å²) in [5.74, 6) is 0.333. The molecule has 17 heavy (non-hydrogen) atoms. The summed E-state index contributed by atoms with van der Waals surface area (Å²) in [6.45, 7) is 3.76. The molecule has 0 radical (unpaired) electrons. The summed E-state index contributed by atoms with van der Waals surface area (Å²) < 4.78 is 10.2. The number of hydrogen-bond acceptors (Lipinski definition) is 4. The Kier molecular flexibility index (Phi) is 4.52. The van der Waals surface area contributed by atoms with E-state index in [-0.39, 0.29) is 0 Å². The molecule has 0 bridgehead atoms. The van der Waals surface area contributed by atoms with Gasteiger partial charge in [0.2, 0.25) is 0 Å². The molecule has 4 heteroatoms. The van der Waals surface area contributed by atoms with E-state index in [0.717, 1.165) is 11.3 Å². The molecule has 1 aromatic carbocycles. The van der Waals surface area contributed by atoms with Crippen molar-refractivity contribution in [2.45, 2.75) is 25.8 Å². The van der Waals surface area contributed by atoms with Crippen LogP contribution in [0.3, 0.4) is 0 Å². The molecule has 0 saturated heterocycles. The van der Waals surface area contributed by atoms with Crippen molar-refractivity contribution < 1.29 is 14.3 Å². The van der Waals surface area contributed by atoms with Crippen LogP contribution < -0.4 is 10.5 Å². The van der Waals surface area contributed by atoms with Gasteiger partial charge in [0, 0.05) is 6.42 Å². The maximum atomic E-state index is 11.7. The first-order valence-electron chi connectivity index (χ1n) is 5.59. The molecule has 94 valence electrons. The normalized spacial score (nSPS) is 13.9. The van der Waals surface area contributed by atoms with Gasteiger partial charge in [-0.05, 0) is 25.5 Å². The molecular formula is C13H19NO3. The molecule has 0 aliphatic carbocycles. The highest BCUT2D eigenvalue weighted by Gasteiger charge is 2.31. The smallest absolute Gasteiger partial charge is 0.326 e. The first-order chi connectivity index (χ1) is 8.01. The standard InChI is InChI=1S/C13H19NO3/c1-4-17-12(15)13(2,14)9-10-7-5-6-8-11(10)16-3/h5-8H,4,9,14H2,1-3H3. The van der Waals surface area contributed by atoms with Crippen LogP contribution in [0.25, 0.3) is 0 Å². The monoisotopic (exact) mass is 237 g/mol. The van der Waals surface area contributed by atoms with Crippen molar-refractivity contribution in [2.75, 3.05) is 13.7 Å². The minimum atomic E-state index is -1.04. The lowest BCUT2D eigenvalue weighted by Crippen LogP contribution is -2.48. The molecule has 0 amide bonds. The van der Waals surface area contributed by atoms with Crippen molar-refractivity contribution in [3.05, 3.63) is 29.8 Å². The van der Waals surface area contributed by atoms with E-state index in [0.29, 0.717) is 13.0 Å². The van der Waals surface area contributed by atoms with Crippen molar-refractivity contribution in [3.63, 3.8) is 0 Å². The molecule has 1 rings (SSSR count). The van der Waals surface area contributed by atoms with E-state index >= 15 is 0 Å². The van der Waals surface area contributed by atoms with Crippen LogP contribution in [0.1, 0.15) is 19.4 Å². The van der Waals surface area contributed by atoms with Gasteiger partial charge in [-0.1, -0.05) is 18.2 Å². The minimum absolute atomic E-state index is 0.331. The number of methoxy groups -OCH3 is 1. The van der Waals surface area contributed by atoms with Gasteiger partial charge in [0.05, 0.1) is 13.7 Å². The Morgan fingerprint density at radius 2 is 2.06 bits per heavy atom. The summed E-state index contributed by atoms with van der Waals surface area (Å²) in [4.78, 5) is 11.7. The number of carbonyl (C=O) groups excluding carboxylic acids is 1. The van der Waals surface area contributed by atoms with Gasteiger partial charge in [-0.15, -0.1) is 0 Å². The second-order valence-corrected chi connectivity index (χ2v) is 4.13. The first kappa shape index (κ1) is 13.5. The number of hydrogen-bond donors (Lipinski definition) is 1. The van der Waals surface area contributed by atoms with E-state index in [1.54, 1.807) is 21.0 Å². The van der Waals surface area contributed by atoms with E-state index in [4.69, 9.17) is 15.2 Å². The number of para-hydroxylation sites is 1. The summed E-state index contributed by atoms with van der Waals surface area (Å²) in [6, 6.07) is 7.50. The van der Waals surface area contributed by atoms with Crippen LogP contribution in [-0.2, 0) is 16.0 Å². The Labute approximate surface area is 102 Å². The van der Waals surface area contributed by atoms with Crippen LogP contribution in [0.2, 0.25) is 0 Å². The van der Waals surface area contributed by atoms with Gasteiger partial charge >= 0.3 is 5.97 Å². The third kappa shape index (κ3) is 3.46. The number of esters is 1. The summed E-state index contributed by atoms with van der Waals surface area (Å²) in [6.07, 6.45) is 0.385. The number of carbonyl (C=O) groups is 1. The molecule has 1 atom stereocenters. The SMILES string of the molecule is CCOC(=O)C(C)(N)Cc1ccccc1OC. The number of benzene rings is 1. The lowest BCUT2D eigenvalue weighted by Gasteiger charge is -2.23. The predicted octanol–water partition coefficient (Wildman–Crippen LogP) is 1.52. The van der Waals surface area contributed by atoms with Gasteiger partial charge in [-0.25, -0.2) is 0 Å². The Bertz CT molecular complexity index is 388. The lowest BCUT2D eigenvalue weighted by molar-refractivity contribution is -0.148. The first-order valence-corrected chi connectivity index (χ1v) is 5.59. The molecule has 0 aliphatic rings. The number of nitrogens with two attached hydrogens (primary N) is 1. The topological polar surface area (TPSA) is 61.5 Å². The fourth-order valence-corrected chi connectivity index (χ4v) is 1.61. The second-order valence-electron chi connectivity index (χ2n) is 4.13. The molecule has 4 nitrogen and oxygen atoms in total. The van der Waals surface area contributed by atoms with E-state index in [1.165, 1.54) is 0 Å². The van der Waals surface area contributed by atoms with Gasteiger partial charge < -0.3 is 15.2 Å². The number of ether oxygens (including phenoxy) is 2. The summed E-state index contributed by atoms with van der Waals surface area (Å²) >= 11 is 0. The molecule has 0 saturated carbocycles. The van der Waals surface area contributed by atoms with Crippen molar-refractivity contribution in [1.82, 2.24) is 0 Å². The molecule has 1 aromatic rings. The van der Waals surface area contributed by atoms with E-state index in [9.17, 15) is 4.79 Å². The zero-order valence-corrected chi connectivity index (χ0v) is 10.5. The Hall–Kier alpha value is -1.55. The zero-order valence-electron chi connectivity index (χ0n) is 10.5. The summed E-state index contributed by atoms with van der Waals surface area (Å²) in [7, 11) is 1.59. The van der Waals surface area contributed by atoms with Crippen LogP contribution in [0, 0.1) is 0 Å². The van der Waals surface area contributed by atoms with Crippen LogP contribution in [0.5, 0.6) is 5.75 Å². The van der Waals surface area contributed by atoms with Crippen molar-refractivity contribution in [1.29, 1.82) is 0 Å². The maximum Gasteiger partial charge on any atom is 0.326 e. The van der Waals surface area contributed by atoms with Crippen molar-refractivity contribution in [2.24, 2.45) is 5.73 Å². The number of rotatable bonds is 5. The molecule has 0 aliphatic heterocycles. The van der Waals surface area contributed by atoms with Crippen LogP contribution in [0.4, 0.5) is 0 Å². The van der Waals surface area contributed by atoms with Crippen molar-refractivity contribution >= 4 is 5.97 Å². The average molecular weight is 237 g/mol. The third-order valence-corrected chi connectivity index (χ3v) is 2.49. The molecule has 1 unspecified atom stereocenters. The van der Waals surface area contributed by atoms with E-state index < -0.39 is 11.5 Å². The third-order valence-electron chi connectivity index (χ3n) is 2.49. The Morgan fingerprint density at radius 3 is 2.65 bits per heavy atom. The van der Waals surface area contributed by atoms with Gasteiger partial charge in [-0.2, -0.15) is 0 Å². The highest BCUT2D eigenvalue weighted by Crippen LogP contribution is 2.22. The van der Waals surface area contributed by atoms with E-state index in [1.807, 2.05) is 24.3 Å². The zero-order chi connectivity index (χ0) is 12.9. The molecule has 2 N–H and O–H groups in total. The fraction of sp³-hybridized carbons (Fsp3) is 0.462. The Balaban J connectivity index is 2.85. The molecule has 0 heterocycles. The highest BCUT2D eigenvalue weighted by molar-refractivity contribution is 5.80. The summed E-state index contributed by atoms with van der Waals surface area (Å²) in [5, 5.41) is 0. The fourth-order valence-electron chi connectivity index (χ4n) is 1.61.